The van der Waals surface area contributed by atoms with E-state index >= 15 is 0 Å². The van der Waals surface area contributed by atoms with Crippen molar-refractivity contribution < 1.29 is 9.52 Å². The second-order valence-electron chi connectivity index (χ2n) is 5.49. The largest absolute Gasteiger partial charge is 0.479 e. The molecular formula is C19H13BrN2O2. The molecule has 2 heterocycles. The zero-order valence-corrected chi connectivity index (χ0v) is 14.4. The van der Waals surface area contributed by atoms with Crippen LogP contribution in [0.2, 0.25) is 0 Å². The van der Waals surface area contributed by atoms with Crippen molar-refractivity contribution in [3.8, 4) is 17.4 Å². The van der Waals surface area contributed by atoms with Crippen molar-refractivity contribution in [2.45, 2.75) is 6.92 Å². The third kappa shape index (κ3) is 2.57. The number of aromatic hydroxyl groups is 1. The summed E-state index contributed by atoms with van der Waals surface area (Å²) in [6.07, 6.45) is 1.81. The van der Waals surface area contributed by atoms with Crippen molar-refractivity contribution in [2.24, 2.45) is 4.99 Å². The summed E-state index contributed by atoms with van der Waals surface area (Å²) in [5, 5.41) is 10.1. The monoisotopic (exact) mass is 380 g/mol. The number of aromatic nitrogens is 1. The fourth-order valence-corrected chi connectivity index (χ4v) is 2.95. The number of oxazole rings is 1. The van der Waals surface area contributed by atoms with Crippen LogP contribution in [0.25, 0.3) is 23.1 Å². The summed E-state index contributed by atoms with van der Waals surface area (Å²) in [5.41, 5.74) is 4.99. The Morgan fingerprint density at radius 2 is 1.83 bits per heavy atom. The molecule has 0 saturated heterocycles. The highest BCUT2D eigenvalue weighted by Gasteiger charge is 2.19. The standard InChI is InChI=1S/C19H13BrN2O2/c1-11-15(14-4-2-3-5-16(14)21-11)10-17-19(23)24-18(22-17)12-6-8-13(20)9-7-12/h2-10,23H,1H3/b15-10+. The molecule has 0 bridgehead atoms. The number of hydrogen-bond donors (Lipinski definition) is 1. The molecule has 1 aliphatic rings. The lowest BCUT2D eigenvalue weighted by Crippen LogP contribution is -1.90. The summed E-state index contributed by atoms with van der Waals surface area (Å²) in [6.45, 7) is 1.94. The van der Waals surface area contributed by atoms with Gasteiger partial charge in [0.25, 0.3) is 0 Å². The van der Waals surface area contributed by atoms with Gasteiger partial charge in [-0.15, -0.1) is 0 Å². The van der Waals surface area contributed by atoms with Crippen molar-refractivity contribution in [2.75, 3.05) is 0 Å². The second kappa shape index (κ2) is 5.76. The average Bonchev–Trinajstić information content (AvgIpc) is 3.09. The summed E-state index contributed by atoms with van der Waals surface area (Å²) < 4.78 is 6.39. The van der Waals surface area contributed by atoms with E-state index in [9.17, 15) is 5.11 Å². The second-order valence-corrected chi connectivity index (χ2v) is 6.40. The Labute approximate surface area is 147 Å². The fourth-order valence-electron chi connectivity index (χ4n) is 2.69. The number of halogens is 1. The van der Waals surface area contributed by atoms with E-state index in [-0.39, 0.29) is 5.95 Å². The van der Waals surface area contributed by atoms with Crippen molar-refractivity contribution in [3.05, 3.63) is 64.3 Å². The zero-order chi connectivity index (χ0) is 16.7. The average molecular weight is 381 g/mol. The summed E-state index contributed by atoms with van der Waals surface area (Å²) >= 11 is 3.39. The number of rotatable bonds is 2. The highest BCUT2D eigenvalue weighted by molar-refractivity contribution is 9.10. The topological polar surface area (TPSA) is 58.6 Å². The van der Waals surface area contributed by atoms with Gasteiger partial charge < -0.3 is 9.52 Å². The van der Waals surface area contributed by atoms with Crippen LogP contribution in [-0.2, 0) is 0 Å². The van der Waals surface area contributed by atoms with Crippen molar-refractivity contribution in [1.82, 2.24) is 4.98 Å². The van der Waals surface area contributed by atoms with Gasteiger partial charge in [0.2, 0.25) is 5.89 Å². The van der Waals surface area contributed by atoms with Crippen LogP contribution in [0.4, 0.5) is 5.69 Å². The molecule has 24 heavy (non-hydrogen) atoms. The van der Waals surface area contributed by atoms with Crippen LogP contribution in [0.5, 0.6) is 5.95 Å². The lowest BCUT2D eigenvalue weighted by molar-refractivity contribution is 0.336. The van der Waals surface area contributed by atoms with Crippen LogP contribution in [0.3, 0.4) is 0 Å². The van der Waals surface area contributed by atoms with Crippen LogP contribution < -0.4 is 0 Å². The Balaban J connectivity index is 1.76. The first-order valence-corrected chi connectivity index (χ1v) is 8.23. The van der Waals surface area contributed by atoms with Crippen LogP contribution in [0, 0.1) is 0 Å². The minimum Gasteiger partial charge on any atom is -0.479 e. The van der Waals surface area contributed by atoms with Gasteiger partial charge in [-0.05, 0) is 43.3 Å². The molecule has 0 amide bonds. The van der Waals surface area contributed by atoms with Crippen molar-refractivity contribution in [1.29, 1.82) is 0 Å². The predicted molar refractivity (Wildman–Crippen MR) is 98.4 cm³/mol. The molecule has 1 aromatic heterocycles. The van der Waals surface area contributed by atoms with Crippen molar-refractivity contribution in [3.63, 3.8) is 0 Å². The lowest BCUT2D eigenvalue weighted by atomic mass is 10.0. The summed E-state index contributed by atoms with van der Waals surface area (Å²) in [4.78, 5) is 8.95. The van der Waals surface area contributed by atoms with Gasteiger partial charge in [-0.1, -0.05) is 34.1 Å². The molecule has 0 unspecified atom stereocenters. The van der Waals surface area contributed by atoms with E-state index in [1.54, 1.807) is 0 Å². The quantitative estimate of drug-likeness (QED) is 0.642. The van der Waals surface area contributed by atoms with Gasteiger partial charge in [0.15, 0.2) is 0 Å². The maximum atomic E-state index is 10.1. The Hall–Kier alpha value is -2.66. The Morgan fingerprint density at radius 3 is 2.62 bits per heavy atom. The number of fused-ring (bicyclic) bond motifs is 1. The number of benzene rings is 2. The molecule has 0 atom stereocenters. The third-order valence-electron chi connectivity index (χ3n) is 3.88. The van der Waals surface area contributed by atoms with Gasteiger partial charge in [0.1, 0.15) is 5.69 Å². The number of allylic oxidation sites excluding steroid dienone is 1. The zero-order valence-electron chi connectivity index (χ0n) is 12.8. The van der Waals surface area contributed by atoms with E-state index in [1.807, 2.05) is 61.5 Å². The van der Waals surface area contributed by atoms with E-state index in [0.717, 1.165) is 32.6 Å². The molecule has 1 aliphatic heterocycles. The molecule has 2 aromatic carbocycles. The number of aliphatic imine (C=N–C) groups is 1. The molecule has 3 aromatic rings. The molecule has 4 rings (SSSR count). The highest BCUT2D eigenvalue weighted by Crippen LogP contribution is 2.37. The van der Waals surface area contributed by atoms with Gasteiger partial charge >= 0.3 is 5.95 Å². The number of para-hydroxylation sites is 1. The molecule has 0 fully saturated rings. The maximum Gasteiger partial charge on any atom is 0.310 e. The third-order valence-corrected chi connectivity index (χ3v) is 4.41. The number of nitrogens with zero attached hydrogens (tertiary/aromatic N) is 2. The molecule has 118 valence electrons. The summed E-state index contributed by atoms with van der Waals surface area (Å²) in [5.74, 6) is 0.185. The predicted octanol–water partition coefficient (Wildman–Crippen LogP) is 5.46. The SMILES string of the molecule is CC1=Nc2ccccc2/C1=C/c1nc(-c2ccc(Br)cc2)oc1O. The summed E-state index contributed by atoms with van der Waals surface area (Å²) in [6, 6.07) is 15.5. The maximum absolute atomic E-state index is 10.1. The Kier molecular flexibility index (Phi) is 3.58. The normalized spacial score (nSPS) is 14.8. The van der Waals surface area contributed by atoms with Crippen LogP contribution >= 0.6 is 15.9 Å². The molecule has 1 N–H and O–H groups in total. The Bertz CT molecular complexity index is 985. The minimum atomic E-state index is -0.197. The first-order chi connectivity index (χ1) is 11.6. The van der Waals surface area contributed by atoms with E-state index in [2.05, 4.69) is 25.9 Å². The lowest BCUT2D eigenvalue weighted by Gasteiger charge is -1.99. The minimum absolute atomic E-state index is 0.197. The highest BCUT2D eigenvalue weighted by atomic mass is 79.9. The fraction of sp³-hybridized carbons (Fsp3) is 0.0526. The molecule has 0 spiro atoms. The van der Waals surface area contributed by atoms with Crippen molar-refractivity contribution >= 4 is 39.0 Å². The molecular weight excluding hydrogens is 368 g/mol. The van der Waals surface area contributed by atoms with E-state index in [4.69, 9.17) is 4.42 Å². The van der Waals surface area contributed by atoms with Gasteiger partial charge in [-0.25, -0.2) is 4.98 Å². The Morgan fingerprint density at radius 1 is 1.08 bits per heavy atom. The number of hydrogen-bond acceptors (Lipinski definition) is 4. The van der Waals surface area contributed by atoms with Gasteiger partial charge in [0.05, 0.1) is 5.69 Å². The van der Waals surface area contributed by atoms with E-state index in [0.29, 0.717) is 11.6 Å². The van der Waals surface area contributed by atoms with Gasteiger partial charge in [-0.2, -0.15) is 0 Å². The molecule has 0 saturated carbocycles. The first-order valence-electron chi connectivity index (χ1n) is 7.44. The molecule has 5 heteroatoms. The summed E-state index contributed by atoms with van der Waals surface area (Å²) in [7, 11) is 0. The smallest absolute Gasteiger partial charge is 0.310 e. The van der Waals surface area contributed by atoms with Crippen LogP contribution in [0.1, 0.15) is 18.2 Å². The van der Waals surface area contributed by atoms with Gasteiger partial charge in [0, 0.05) is 26.9 Å². The van der Waals surface area contributed by atoms with E-state index < -0.39 is 0 Å². The first kappa shape index (κ1) is 14.9. The van der Waals surface area contributed by atoms with Gasteiger partial charge in [-0.3, -0.25) is 4.99 Å². The van der Waals surface area contributed by atoms with Crippen LogP contribution in [0.15, 0.2) is 62.4 Å². The molecule has 4 nitrogen and oxygen atoms in total. The molecule has 0 radical (unpaired) electrons. The molecule has 0 aliphatic carbocycles. The van der Waals surface area contributed by atoms with E-state index in [1.165, 1.54) is 0 Å². The van der Waals surface area contributed by atoms with Crippen LogP contribution in [-0.4, -0.2) is 15.8 Å².